The summed E-state index contributed by atoms with van der Waals surface area (Å²) in [5, 5.41) is 7.77. The molecular formula is C13H23N3. The van der Waals surface area contributed by atoms with Gasteiger partial charge in [0.2, 0.25) is 0 Å². The molecule has 1 aliphatic carbocycles. The van der Waals surface area contributed by atoms with Crippen LogP contribution in [0.25, 0.3) is 0 Å². The van der Waals surface area contributed by atoms with Crippen molar-refractivity contribution in [2.75, 3.05) is 6.54 Å². The summed E-state index contributed by atoms with van der Waals surface area (Å²) >= 11 is 0. The third kappa shape index (κ3) is 3.08. The molecule has 0 amide bonds. The highest BCUT2D eigenvalue weighted by atomic mass is 15.2. The minimum Gasteiger partial charge on any atom is -0.314 e. The molecule has 1 N–H and O–H groups in total. The number of hydrogen-bond acceptors (Lipinski definition) is 2. The lowest BCUT2D eigenvalue weighted by Gasteiger charge is -2.11. The van der Waals surface area contributed by atoms with Crippen molar-refractivity contribution in [1.82, 2.24) is 15.1 Å². The van der Waals surface area contributed by atoms with Crippen molar-refractivity contribution in [2.45, 2.75) is 45.1 Å². The van der Waals surface area contributed by atoms with Gasteiger partial charge in [-0.15, -0.1) is 0 Å². The predicted molar refractivity (Wildman–Crippen MR) is 66.3 cm³/mol. The number of aromatic nitrogens is 2. The average Bonchev–Trinajstić information content (AvgIpc) is 2.85. The highest BCUT2D eigenvalue weighted by Gasteiger charge is 2.23. The SMILES string of the molecule is CCNC1CCC(CCc2cnn(C)c2)C1. The molecule has 0 aromatic carbocycles. The predicted octanol–water partition coefficient (Wildman–Crippen LogP) is 2.13. The molecule has 0 saturated heterocycles. The molecule has 2 rings (SSSR count). The van der Waals surface area contributed by atoms with Crippen LogP contribution in [0.3, 0.4) is 0 Å². The molecule has 0 bridgehead atoms. The van der Waals surface area contributed by atoms with Crippen LogP contribution in [-0.2, 0) is 13.5 Å². The van der Waals surface area contributed by atoms with E-state index in [0.29, 0.717) is 0 Å². The lowest BCUT2D eigenvalue weighted by molar-refractivity contribution is 0.470. The van der Waals surface area contributed by atoms with Crippen LogP contribution in [0.2, 0.25) is 0 Å². The molecule has 0 aliphatic heterocycles. The van der Waals surface area contributed by atoms with Gasteiger partial charge in [-0.25, -0.2) is 0 Å². The zero-order chi connectivity index (χ0) is 11.4. The number of nitrogens with one attached hydrogen (secondary N) is 1. The van der Waals surface area contributed by atoms with E-state index in [1.54, 1.807) is 0 Å². The van der Waals surface area contributed by atoms with E-state index < -0.39 is 0 Å². The maximum Gasteiger partial charge on any atom is 0.0521 e. The molecule has 16 heavy (non-hydrogen) atoms. The Balaban J connectivity index is 1.71. The minimum atomic E-state index is 0.781. The Labute approximate surface area is 98.2 Å². The summed E-state index contributed by atoms with van der Waals surface area (Å²) in [5.74, 6) is 0.921. The number of hydrogen-bond donors (Lipinski definition) is 1. The Kier molecular flexibility index (Phi) is 3.99. The summed E-state index contributed by atoms with van der Waals surface area (Å²) in [6.45, 7) is 3.31. The van der Waals surface area contributed by atoms with Crippen molar-refractivity contribution in [3.8, 4) is 0 Å². The Bertz CT molecular complexity index is 319. The first-order valence-corrected chi connectivity index (χ1v) is 6.49. The van der Waals surface area contributed by atoms with Gasteiger partial charge in [-0.3, -0.25) is 4.68 Å². The fourth-order valence-electron chi connectivity index (χ4n) is 2.78. The van der Waals surface area contributed by atoms with Crippen molar-refractivity contribution < 1.29 is 0 Å². The van der Waals surface area contributed by atoms with E-state index in [9.17, 15) is 0 Å². The van der Waals surface area contributed by atoms with E-state index in [0.717, 1.165) is 18.5 Å². The molecule has 1 heterocycles. The molecular weight excluding hydrogens is 198 g/mol. The summed E-state index contributed by atoms with van der Waals surface area (Å²) < 4.78 is 1.89. The maximum absolute atomic E-state index is 4.21. The first-order chi connectivity index (χ1) is 7.78. The molecule has 1 saturated carbocycles. The summed E-state index contributed by atoms with van der Waals surface area (Å²) in [5.41, 5.74) is 1.38. The van der Waals surface area contributed by atoms with Gasteiger partial charge in [0, 0.05) is 19.3 Å². The Morgan fingerprint density at radius 3 is 3.06 bits per heavy atom. The molecule has 1 aliphatic rings. The van der Waals surface area contributed by atoms with Crippen molar-refractivity contribution in [3.05, 3.63) is 18.0 Å². The third-order valence-corrected chi connectivity index (χ3v) is 3.63. The molecule has 2 unspecified atom stereocenters. The zero-order valence-electron chi connectivity index (χ0n) is 10.4. The van der Waals surface area contributed by atoms with Crippen LogP contribution in [0, 0.1) is 5.92 Å². The highest BCUT2D eigenvalue weighted by molar-refractivity contribution is 5.03. The summed E-state index contributed by atoms with van der Waals surface area (Å²) in [7, 11) is 1.99. The average molecular weight is 221 g/mol. The minimum absolute atomic E-state index is 0.781. The van der Waals surface area contributed by atoms with E-state index in [4.69, 9.17) is 0 Å². The van der Waals surface area contributed by atoms with E-state index in [1.807, 2.05) is 17.9 Å². The number of rotatable bonds is 5. The molecule has 1 aromatic heterocycles. The standard InChI is InChI=1S/C13H23N3/c1-3-14-13-7-6-11(8-13)4-5-12-9-15-16(2)10-12/h9-11,13-14H,3-8H2,1-2H3. The molecule has 3 heteroatoms. The van der Waals surface area contributed by atoms with Gasteiger partial charge in [0.15, 0.2) is 0 Å². The van der Waals surface area contributed by atoms with E-state index in [2.05, 4.69) is 23.5 Å². The van der Waals surface area contributed by atoms with Crippen LogP contribution in [0.5, 0.6) is 0 Å². The van der Waals surface area contributed by atoms with Crippen molar-refractivity contribution in [2.24, 2.45) is 13.0 Å². The van der Waals surface area contributed by atoms with Crippen LogP contribution in [0.15, 0.2) is 12.4 Å². The lowest BCUT2D eigenvalue weighted by atomic mass is 9.99. The fourth-order valence-corrected chi connectivity index (χ4v) is 2.78. The van der Waals surface area contributed by atoms with Crippen molar-refractivity contribution >= 4 is 0 Å². The molecule has 0 radical (unpaired) electrons. The summed E-state index contributed by atoms with van der Waals surface area (Å²) in [4.78, 5) is 0. The molecule has 3 nitrogen and oxygen atoms in total. The van der Waals surface area contributed by atoms with Crippen LogP contribution < -0.4 is 5.32 Å². The first kappa shape index (κ1) is 11.6. The van der Waals surface area contributed by atoms with Gasteiger partial charge < -0.3 is 5.32 Å². The normalized spacial score (nSPS) is 25.1. The lowest BCUT2D eigenvalue weighted by Crippen LogP contribution is -2.25. The number of aryl methyl sites for hydroxylation is 2. The monoisotopic (exact) mass is 221 g/mol. The quantitative estimate of drug-likeness (QED) is 0.825. The topological polar surface area (TPSA) is 29.9 Å². The van der Waals surface area contributed by atoms with Gasteiger partial charge in [0.1, 0.15) is 0 Å². The van der Waals surface area contributed by atoms with Crippen LogP contribution in [-0.4, -0.2) is 22.4 Å². The van der Waals surface area contributed by atoms with Gasteiger partial charge in [-0.2, -0.15) is 5.10 Å². The van der Waals surface area contributed by atoms with Crippen LogP contribution in [0.4, 0.5) is 0 Å². The van der Waals surface area contributed by atoms with Gasteiger partial charge in [-0.1, -0.05) is 6.92 Å². The van der Waals surface area contributed by atoms with Gasteiger partial charge >= 0.3 is 0 Å². The Hall–Kier alpha value is -0.830. The first-order valence-electron chi connectivity index (χ1n) is 6.49. The Morgan fingerprint density at radius 1 is 1.50 bits per heavy atom. The molecule has 90 valence electrons. The van der Waals surface area contributed by atoms with Crippen molar-refractivity contribution in [1.29, 1.82) is 0 Å². The van der Waals surface area contributed by atoms with E-state index >= 15 is 0 Å². The maximum atomic E-state index is 4.21. The molecule has 1 fully saturated rings. The van der Waals surface area contributed by atoms with Gasteiger partial charge in [0.25, 0.3) is 0 Å². The molecule has 2 atom stereocenters. The smallest absolute Gasteiger partial charge is 0.0521 e. The Morgan fingerprint density at radius 2 is 2.38 bits per heavy atom. The molecule has 1 aromatic rings. The van der Waals surface area contributed by atoms with Gasteiger partial charge in [0.05, 0.1) is 6.20 Å². The van der Waals surface area contributed by atoms with Gasteiger partial charge in [-0.05, 0) is 50.1 Å². The van der Waals surface area contributed by atoms with Crippen molar-refractivity contribution in [3.63, 3.8) is 0 Å². The highest BCUT2D eigenvalue weighted by Crippen LogP contribution is 2.29. The second kappa shape index (κ2) is 5.48. The third-order valence-electron chi connectivity index (χ3n) is 3.63. The fraction of sp³-hybridized carbons (Fsp3) is 0.769. The second-order valence-electron chi connectivity index (χ2n) is 4.99. The zero-order valence-corrected chi connectivity index (χ0v) is 10.4. The summed E-state index contributed by atoms with van der Waals surface area (Å²) in [6, 6.07) is 0.781. The van der Waals surface area contributed by atoms with E-state index in [1.165, 1.54) is 37.7 Å². The van der Waals surface area contributed by atoms with E-state index in [-0.39, 0.29) is 0 Å². The molecule has 0 spiro atoms. The van der Waals surface area contributed by atoms with Crippen LogP contribution in [0.1, 0.15) is 38.2 Å². The number of nitrogens with zero attached hydrogens (tertiary/aromatic N) is 2. The largest absolute Gasteiger partial charge is 0.314 e. The summed E-state index contributed by atoms with van der Waals surface area (Å²) in [6.07, 6.45) is 10.8. The second-order valence-corrected chi connectivity index (χ2v) is 4.99. The van der Waals surface area contributed by atoms with Crippen LogP contribution >= 0.6 is 0 Å².